The Labute approximate surface area is 180 Å². The van der Waals surface area contributed by atoms with Gasteiger partial charge in [0.2, 0.25) is 0 Å². The lowest BCUT2D eigenvalue weighted by molar-refractivity contribution is -0.189. The molecule has 0 aliphatic heterocycles. The average molecular weight is 419 g/mol. The molecule has 2 atom stereocenters. The van der Waals surface area contributed by atoms with Gasteiger partial charge in [0.1, 0.15) is 0 Å². The highest BCUT2D eigenvalue weighted by Gasteiger charge is 2.47. The smallest absolute Gasteiger partial charge is 0.309 e. The first kappa shape index (κ1) is 23.0. The summed E-state index contributed by atoms with van der Waals surface area (Å²) in [5, 5.41) is 0. The Balaban J connectivity index is 1.47. The number of esters is 1. The minimum absolute atomic E-state index is 0.191. The maximum absolute atomic E-state index is 14.3. The summed E-state index contributed by atoms with van der Waals surface area (Å²) in [7, 11) is 0. The van der Waals surface area contributed by atoms with E-state index in [1.807, 2.05) is 0 Å². The highest BCUT2D eigenvalue weighted by molar-refractivity contribution is 5.72. The molecule has 4 heteroatoms. The normalized spacial score (nSPS) is 28.6. The molecule has 2 unspecified atom stereocenters. The van der Waals surface area contributed by atoms with Crippen molar-refractivity contribution in [3.05, 3.63) is 48.0 Å². The van der Waals surface area contributed by atoms with Crippen LogP contribution in [0.3, 0.4) is 0 Å². The van der Waals surface area contributed by atoms with Gasteiger partial charge in [-0.2, -0.15) is 0 Å². The van der Waals surface area contributed by atoms with Crippen LogP contribution in [0.15, 0.2) is 36.9 Å². The third-order valence-corrected chi connectivity index (χ3v) is 6.98. The Bertz CT molecular complexity index is 689. The number of benzene rings is 1. The molecule has 3 rings (SSSR count). The van der Waals surface area contributed by atoms with Crippen LogP contribution in [0.5, 0.6) is 0 Å². The van der Waals surface area contributed by atoms with E-state index in [0.29, 0.717) is 12.3 Å². The van der Waals surface area contributed by atoms with Crippen molar-refractivity contribution < 1.29 is 18.3 Å². The van der Waals surface area contributed by atoms with Gasteiger partial charge in [0, 0.05) is 6.42 Å². The molecule has 0 aromatic heterocycles. The molecule has 30 heavy (non-hydrogen) atoms. The van der Waals surface area contributed by atoms with Gasteiger partial charge >= 0.3 is 5.97 Å². The third kappa shape index (κ3) is 5.92. The standard InChI is InChI=1S/C26H36F2O2/c1-3-5-6-7-20-8-11-21(12-9-20)22-13-15-23(16-14-22)25(29)30-24-17-10-19(4-2)18-26(24,27)28/h4,8-9,11-12,19,22-24H,2-3,5-7,10,13-18H2,1H3. The van der Waals surface area contributed by atoms with Gasteiger partial charge in [-0.25, -0.2) is 8.78 Å². The quantitative estimate of drug-likeness (QED) is 0.253. The highest BCUT2D eigenvalue weighted by Crippen LogP contribution is 2.41. The molecule has 1 aromatic rings. The molecule has 166 valence electrons. The van der Waals surface area contributed by atoms with Gasteiger partial charge in [-0.05, 0) is 74.3 Å². The van der Waals surface area contributed by atoms with Crippen molar-refractivity contribution in [2.45, 2.75) is 95.5 Å². The van der Waals surface area contributed by atoms with Gasteiger partial charge in [0.25, 0.3) is 5.92 Å². The summed E-state index contributed by atoms with van der Waals surface area (Å²) in [6.45, 7) is 5.84. The topological polar surface area (TPSA) is 26.3 Å². The molecule has 2 nitrogen and oxygen atoms in total. The number of carbonyl (C=O) groups excluding carboxylic acids is 1. The maximum Gasteiger partial charge on any atom is 0.309 e. The monoisotopic (exact) mass is 418 g/mol. The van der Waals surface area contributed by atoms with Crippen LogP contribution in [0, 0.1) is 11.8 Å². The van der Waals surface area contributed by atoms with Crippen LogP contribution in [0.25, 0.3) is 0 Å². The molecule has 1 aromatic carbocycles. The minimum atomic E-state index is -2.96. The summed E-state index contributed by atoms with van der Waals surface area (Å²) in [4.78, 5) is 12.5. The van der Waals surface area contributed by atoms with Gasteiger partial charge in [-0.15, -0.1) is 6.58 Å². The van der Waals surface area contributed by atoms with Gasteiger partial charge < -0.3 is 4.74 Å². The fourth-order valence-corrected chi connectivity index (χ4v) is 4.94. The molecule has 0 radical (unpaired) electrons. The lowest BCUT2D eigenvalue weighted by Crippen LogP contribution is -2.43. The molecule has 0 amide bonds. The van der Waals surface area contributed by atoms with Gasteiger partial charge in [-0.1, -0.05) is 50.1 Å². The number of hydrogen-bond acceptors (Lipinski definition) is 2. The second-order valence-corrected chi connectivity index (χ2v) is 9.21. The Morgan fingerprint density at radius 1 is 1.10 bits per heavy atom. The second-order valence-electron chi connectivity index (χ2n) is 9.21. The fraction of sp³-hybridized carbons (Fsp3) is 0.654. The molecule has 0 saturated heterocycles. The molecule has 2 saturated carbocycles. The molecule has 2 aliphatic carbocycles. The number of ether oxygens (including phenoxy) is 1. The first-order valence-electron chi connectivity index (χ1n) is 11.7. The van der Waals surface area contributed by atoms with Gasteiger partial charge in [-0.3, -0.25) is 4.79 Å². The fourth-order valence-electron chi connectivity index (χ4n) is 4.94. The largest absolute Gasteiger partial charge is 0.456 e. The van der Waals surface area contributed by atoms with Crippen LogP contribution in [-0.2, 0) is 16.0 Å². The first-order chi connectivity index (χ1) is 14.4. The van der Waals surface area contributed by atoms with E-state index in [9.17, 15) is 13.6 Å². The lowest BCUT2D eigenvalue weighted by Gasteiger charge is -2.35. The van der Waals surface area contributed by atoms with Crippen LogP contribution in [-0.4, -0.2) is 18.0 Å². The summed E-state index contributed by atoms with van der Waals surface area (Å²) in [6.07, 6.45) is 8.99. The van der Waals surface area contributed by atoms with E-state index in [1.165, 1.54) is 30.4 Å². The predicted molar refractivity (Wildman–Crippen MR) is 117 cm³/mol. The Morgan fingerprint density at radius 3 is 2.40 bits per heavy atom. The first-order valence-corrected chi connectivity index (χ1v) is 11.7. The number of alkyl halides is 2. The summed E-state index contributed by atoms with van der Waals surface area (Å²) in [5.41, 5.74) is 2.71. The highest BCUT2D eigenvalue weighted by atomic mass is 19.3. The van der Waals surface area contributed by atoms with Gasteiger partial charge in [0.15, 0.2) is 6.10 Å². The number of aryl methyl sites for hydroxylation is 1. The molecule has 2 aliphatic rings. The zero-order chi connectivity index (χ0) is 21.6. The van der Waals surface area contributed by atoms with Crippen LogP contribution < -0.4 is 0 Å². The number of allylic oxidation sites excluding steroid dienone is 1. The van der Waals surface area contributed by atoms with Crippen LogP contribution >= 0.6 is 0 Å². The van der Waals surface area contributed by atoms with Crippen molar-refractivity contribution in [1.29, 1.82) is 0 Å². The van der Waals surface area contributed by atoms with E-state index in [4.69, 9.17) is 4.74 Å². The van der Waals surface area contributed by atoms with E-state index in [0.717, 1.165) is 32.1 Å². The van der Waals surface area contributed by atoms with Crippen molar-refractivity contribution in [3.63, 3.8) is 0 Å². The summed E-state index contributed by atoms with van der Waals surface area (Å²) < 4.78 is 34.0. The molecule has 0 spiro atoms. The molecular weight excluding hydrogens is 382 g/mol. The number of carbonyl (C=O) groups is 1. The molecule has 0 bridgehead atoms. The minimum Gasteiger partial charge on any atom is -0.456 e. The molecular formula is C26H36F2O2. The number of hydrogen-bond donors (Lipinski definition) is 0. The molecule has 2 fully saturated rings. The van der Waals surface area contributed by atoms with Crippen LogP contribution in [0.4, 0.5) is 8.78 Å². The van der Waals surface area contributed by atoms with E-state index >= 15 is 0 Å². The number of halogens is 2. The van der Waals surface area contributed by atoms with Crippen molar-refractivity contribution in [2.75, 3.05) is 0 Å². The van der Waals surface area contributed by atoms with Crippen molar-refractivity contribution in [3.8, 4) is 0 Å². The summed E-state index contributed by atoms with van der Waals surface area (Å²) in [6, 6.07) is 8.91. The third-order valence-electron chi connectivity index (χ3n) is 6.98. The Kier molecular flexibility index (Phi) is 8.07. The SMILES string of the molecule is C=CC1CCC(OC(=O)C2CCC(c3ccc(CCCCC)cc3)CC2)C(F)(F)C1. The summed E-state index contributed by atoms with van der Waals surface area (Å²) in [5.74, 6) is -3.38. The van der Waals surface area contributed by atoms with E-state index < -0.39 is 18.0 Å². The van der Waals surface area contributed by atoms with Crippen LogP contribution in [0.1, 0.15) is 88.2 Å². The molecule has 0 N–H and O–H groups in total. The predicted octanol–water partition coefficient (Wildman–Crippen LogP) is 7.23. The van der Waals surface area contributed by atoms with E-state index in [2.05, 4.69) is 37.8 Å². The summed E-state index contributed by atoms with van der Waals surface area (Å²) >= 11 is 0. The molecule has 0 heterocycles. The average Bonchev–Trinajstić information content (AvgIpc) is 2.75. The second kappa shape index (κ2) is 10.5. The van der Waals surface area contributed by atoms with E-state index in [1.54, 1.807) is 6.08 Å². The van der Waals surface area contributed by atoms with Crippen LogP contribution in [0.2, 0.25) is 0 Å². The Morgan fingerprint density at radius 2 is 1.80 bits per heavy atom. The zero-order valence-electron chi connectivity index (χ0n) is 18.3. The van der Waals surface area contributed by atoms with E-state index in [-0.39, 0.29) is 24.7 Å². The zero-order valence-corrected chi connectivity index (χ0v) is 18.3. The maximum atomic E-state index is 14.3. The Hall–Kier alpha value is -1.71. The number of unbranched alkanes of at least 4 members (excludes halogenated alkanes) is 2. The van der Waals surface area contributed by atoms with Crippen molar-refractivity contribution in [1.82, 2.24) is 0 Å². The number of rotatable bonds is 8. The lowest BCUT2D eigenvalue weighted by atomic mass is 9.78. The van der Waals surface area contributed by atoms with Gasteiger partial charge in [0.05, 0.1) is 5.92 Å². The van der Waals surface area contributed by atoms with Crippen molar-refractivity contribution >= 4 is 5.97 Å². The van der Waals surface area contributed by atoms with Crippen molar-refractivity contribution in [2.24, 2.45) is 11.8 Å².